The van der Waals surface area contributed by atoms with Gasteiger partial charge in [0.1, 0.15) is 5.75 Å². The number of fused-ring (bicyclic) bond motifs is 1. The van der Waals surface area contributed by atoms with E-state index in [0.29, 0.717) is 16.5 Å². The van der Waals surface area contributed by atoms with Gasteiger partial charge in [-0.05, 0) is 24.1 Å². The van der Waals surface area contributed by atoms with Gasteiger partial charge in [0.05, 0.1) is 19.0 Å². The molecule has 0 saturated carbocycles. The van der Waals surface area contributed by atoms with E-state index in [4.69, 9.17) is 0 Å². The summed E-state index contributed by atoms with van der Waals surface area (Å²) < 4.78 is 4.58. The van der Waals surface area contributed by atoms with E-state index >= 15 is 0 Å². The van der Waals surface area contributed by atoms with Crippen LogP contribution < -0.4 is 5.56 Å². The monoisotopic (exact) mass is 247 g/mol. The molecule has 5 heteroatoms. The zero-order valence-corrected chi connectivity index (χ0v) is 10.1. The van der Waals surface area contributed by atoms with Crippen LogP contribution in [0.3, 0.4) is 0 Å². The number of carbonyl (C=O) groups excluding carboxylic acids is 1. The van der Waals surface area contributed by atoms with E-state index in [9.17, 15) is 14.7 Å². The highest BCUT2D eigenvalue weighted by Crippen LogP contribution is 2.28. The predicted molar refractivity (Wildman–Crippen MR) is 66.7 cm³/mol. The minimum Gasteiger partial charge on any atom is -0.507 e. The number of carbonyl (C=O) groups is 1. The lowest BCUT2D eigenvalue weighted by Gasteiger charge is -2.09. The van der Waals surface area contributed by atoms with Gasteiger partial charge in [-0.15, -0.1) is 0 Å². The number of nitrogens with one attached hydrogen (secondary N) is 1. The van der Waals surface area contributed by atoms with Crippen LogP contribution in [0.4, 0.5) is 0 Å². The number of esters is 1. The first-order valence-corrected chi connectivity index (χ1v) is 5.44. The summed E-state index contributed by atoms with van der Waals surface area (Å²) in [5, 5.41) is 10.4. The lowest BCUT2D eigenvalue weighted by atomic mass is 10.0. The molecule has 1 aromatic heterocycles. The second kappa shape index (κ2) is 4.52. The van der Waals surface area contributed by atoms with Crippen molar-refractivity contribution in [2.45, 2.75) is 13.3 Å². The maximum absolute atomic E-state index is 11.5. The molecule has 0 aliphatic carbocycles. The Bertz CT molecular complexity index is 672. The highest BCUT2D eigenvalue weighted by Gasteiger charge is 2.13. The number of hydrogen-bond donors (Lipinski definition) is 2. The number of benzene rings is 1. The molecule has 0 aliphatic heterocycles. The second-order valence-corrected chi connectivity index (χ2v) is 4.06. The predicted octanol–water partition coefficient (Wildman–Crippen LogP) is 1.26. The number of aryl methyl sites for hydroxylation is 1. The van der Waals surface area contributed by atoms with Crippen LogP contribution >= 0.6 is 0 Å². The quantitative estimate of drug-likeness (QED) is 0.783. The number of aromatic amines is 1. The van der Waals surface area contributed by atoms with Gasteiger partial charge in [-0.2, -0.15) is 0 Å². The SMILES string of the molecule is COC(=O)Cc1cc(=O)[nH]c2c(C)ccc(O)c12. The number of rotatable bonds is 2. The summed E-state index contributed by atoms with van der Waals surface area (Å²) in [6.07, 6.45) is -0.0477. The normalized spacial score (nSPS) is 10.6. The van der Waals surface area contributed by atoms with Crippen molar-refractivity contribution >= 4 is 16.9 Å². The number of hydrogen-bond acceptors (Lipinski definition) is 4. The van der Waals surface area contributed by atoms with Crippen LogP contribution in [-0.4, -0.2) is 23.2 Å². The van der Waals surface area contributed by atoms with Crippen LogP contribution in [0.25, 0.3) is 10.9 Å². The summed E-state index contributed by atoms with van der Waals surface area (Å²) in [5.74, 6) is -0.423. The van der Waals surface area contributed by atoms with Crippen molar-refractivity contribution in [3.05, 3.63) is 39.7 Å². The Kier molecular flexibility index (Phi) is 3.06. The molecular formula is C13H13NO4. The van der Waals surface area contributed by atoms with Crippen molar-refractivity contribution in [3.63, 3.8) is 0 Å². The number of aromatic hydroxyl groups is 1. The lowest BCUT2D eigenvalue weighted by molar-refractivity contribution is -0.139. The van der Waals surface area contributed by atoms with Gasteiger partial charge in [-0.3, -0.25) is 9.59 Å². The number of phenolic OH excluding ortho intramolecular Hbond substituents is 1. The number of ether oxygens (including phenoxy) is 1. The molecule has 2 N–H and O–H groups in total. The summed E-state index contributed by atoms with van der Waals surface area (Å²) in [7, 11) is 1.28. The van der Waals surface area contributed by atoms with Crippen molar-refractivity contribution < 1.29 is 14.6 Å². The molecule has 0 amide bonds. The molecule has 1 aromatic carbocycles. The number of phenols is 1. The van der Waals surface area contributed by atoms with Gasteiger partial charge < -0.3 is 14.8 Å². The van der Waals surface area contributed by atoms with Crippen LogP contribution in [0.1, 0.15) is 11.1 Å². The Balaban J connectivity index is 2.76. The molecule has 1 heterocycles. The van der Waals surface area contributed by atoms with Gasteiger partial charge >= 0.3 is 5.97 Å². The molecule has 94 valence electrons. The Hall–Kier alpha value is -2.30. The molecule has 0 unspecified atom stereocenters. The zero-order chi connectivity index (χ0) is 13.3. The van der Waals surface area contributed by atoms with Gasteiger partial charge in [-0.25, -0.2) is 0 Å². The molecular weight excluding hydrogens is 234 g/mol. The van der Waals surface area contributed by atoms with Crippen molar-refractivity contribution in [1.82, 2.24) is 4.98 Å². The van der Waals surface area contributed by atoms with Gasteiger partial charge in [-0.1, -0.05) is 6.07 Å². The molecule has 18 heavy (non-hydrogen) atoms. The van der Waals surface area contributed by atoms with Gasteiger partial charge in [0.25, 0.3) is 0 Å². The summed E-state index contributed by atoms with van der Waals surface area (Å²) in [6, 6.07) is 4.55. The third-order valence-electron chi connectivity index (χ3n) is 2.83. The molecule has 5 nitrogen and oxygen atoms in total. The van der Waals surface area contributed by atoms with Crippen LogP contribution in [0.15, 0.2) is 23.0 Å². The van der Waals surface area contributed by atoms with E-state index < -0.39 is 5.97 Å². The van der Waals surface area contributed by atoms with E-state index in [-0.39, 0.29) is 17.7 Å². The highest BCUT2D eigenvalue weighted by molar-refractivity contribution is 5.92. The molecule has 0 spiro atoms. The lowest BCUT2D eigenvalue weighted by Crippen LogP contribution is -2.11. The van der Waals surface area contributed by atoms with Crippen molar-refractivity contribution in [1.29, 1.82) is 0 Å². The van der Waals surface area contributed by atoms with E-state index in [1.807, 2.05) is 6.92 Å². The summed E-state index contributed by atoms with van der Waals surface area (Å²) in [4.78, 5) is 25.5. The zero-order valence-electron chi connectivity index (χ0n) is 10.1. The average Bonchev–Trinajstić information content (AvgIpc) is 2.33. The summed E-state index contributed by atoms with van der Waals surface area (Å²) in [5.41, 5.74) is 1.52. The van der Waals surface area contributed by atoms with Gasteiger partial charge in [0.2, 0.25) is 5.56 Å². The molecule has 2 aromatic rings. The molecule has 0 radical (unpaired) electrons. The van der Waals surface area contributed by atoms with E-state index in [1.165, 1.54) is 19.2 Å². The van der Waals surface area contributed by atoms with Crippen molar-refractivity contribution in [2.75, 3.05) is 7.11 Å². The first-order valence-electron chi connectivity index (χ1n) is 5.44. The van der Waals surface area contributed by atoms with E-state index in [1.54, 1.807) is 6.07 Å². The first-order chi connectivity index (χ1) is 8.52. The second-order valence-electron chi connectivity index (χ2n) is 4.06. The largest absolute Gasteiger partial charge is 0.507 e. The van der Waals surface area contributed by atoms with Gasteiger partial charge in [0, 0.05) is 11.5 Å². The minimum absolute atomic E-state index is 0.0331. The Morgan fingerprint density at radius 1 is 1.44 bits per heavy atom. The van der Waals surface area contributed by atoms with Crippen LogP contribution in [-0.2, 0) is 16.0 Å². The minimum atomic E-state index is -0.456. The third-order valence-corrected chi connectivity index (χ3v) is 2.83. The van der Waals surface area contributed by atoms with Crippen LogP contribution in [0.2, 0.25) is 0 Å². The smallest absolute Gasteiger partial charge is 0.310 e. The Labute approximate surface area is 103 Å². The fourth-order valence-corrected chi connectivity index (χ4v) is 1.94. The molecule has 0 atom stereocenters. The number of pyridine rings is 1. The fraction of sp³-hybridized carbons (Fsp3) is 0.231. The molecule has 0 saturated heterocycles. The topological polar surface area (TPSA) is 79.4 Å². The summed E-state index contributed by atoms with van der Waals surface area (Å²) in [6.45, 7) is 1.82. The molecule has 0 fully saturated rings. The first kappa shape index (κ1) is 12.2. The third kappa shape index (κ3) is 2.07. The molecule has 0 aliphatic rings. The van der Waals surface area contributed by atoms with Gasteiger partial charge in [0.15, 0.2) is 0 Å². The number of methoxy groups -OCH3 is 1. The standard InChI is InChI=1S/C13H13NO4/c1-7-3-4-9(15)12-8(6-11(17)18-2)5-10(16)14-13(7)12/h3-5,15H,6H2,1-2H3,(H,14,16). The van der Waals surface area contributed by atoms with Crippen molar-refractivity contribution in [2.24, 2.45) is 0 Å². The molecule has 2 rings (SSSR count). The maximum atomic E-state index is 11.5. The van der Waals surface area contributed by atoms with Crippen LogP contribution in [0, 0.1) is 6.92 Å². The highest BCUT2D eigenvalue weighted by atomic mass is 16.5. The van der Waals surface area contributed by atoms with E-state index in [0.717, 1.165) is 5.56 Å². The fourth-order valence-electron chi connectivity index (χ4n) is 1.94. The molecule has 0 bridgehead atoms. The maximum Gasteiger partial charge on any atom is 0.310 e. The number of aromatic nitrogens is 1. The Morgan fingerprint density at radius 3 is 2.83 bits per heavy atom. The Morgan fingerprint density at radius 2 is 2.17 bits per heavy atom. The van der Waals surface area contributed by atoms with Crippen molar-refractivity contribution in [3.8, 4) is 5.75 Å². The van der Waals surface area contributed by atoms with E-state index in [2.05, 4.69) is 9.72 Å². The van der Waals surface area contributed by atoms with Crippen LogP contribution in [0.5, 0.6) is 5.75 Å². The number of H-pyrrole nitrogens is 1. The summed E-state index contributed by atoms with van der Waals surface area (Å²) >= 11 is 0. The average molecular weight is 247 g/mol.